The lowest BCUT2D eigenvalue weighted by Gasteiger charge is -2.29. The number of hydrogen-bond acceptors (Lipinski definition) is 2. The second-order valence-corrected chi connectivity index (χ2v) is 5.69. The summed E-state index contributed by atoms with van der Waals surface area (Å²) < 4.78 is 3.12. The SMILES string of the molecule is CN1CCC(Cn2c(=S)[nH]c3ccccc32)CC1. The van der Waals surface area contributed by atoms with E-state index >= 15 is 0 Å². The average Bonchev–Trinajstić information content (AvgIpc) is 2.69. The van der Waals surface area contributed by atoms with E-state index in [1.54, 1.807) is 0 Å². The van der Waals surface area contributed by atoms with Crippen LogP contribution in [0.4, 0.5) is 0 Å². The predicted octanol–water partition coefficient (Wildman–Crippen LogP) is 3.04. The fourth-order valence-corrected chi connectivity index (χ4v) is 3.07. The van der Waals surface area contributed by atoms with Crippen molar-refractivity contribution in [3.8, 4) is 0 Å². The molecule has 3 rings (SSSR count). The van der Waals surface area contributed by atoms with Crippen molar-refractivity contribution < 1.29 is 0 Å². The fourth-order valence-electron chi connectivity index (χ4n) is 2.79. The Morgan fingerprint density at radius 2 is 2.00 bits per heavy atom. The molecule has 2 aromatic rings. The minimum absolute atomic E-state index is 0.757. The molecule has 1 aromatic carbocycles. The summed E-state index contributed by atoms with van der Waals surface area (Å²) in [5, 5.41) is 0. The average molecular weight is 261 g/mol. The van der Waals surface area contributed by atoms with Crippen LogP contribution >= 0.6 is 12.2 Å². The molecule has 0 amide bonds. The van der Waals surface area contributed by atoms with Gasteiger partial charge < -0.3 is 14.5 Å². The van der Waals surface area contributed by atoms with Gasteiger partial charge in [0.05, 0.1) is 11.0 Å². The van der Waals surface area contributed by atoms with Crippen molar-refractivity contribution in [2.24, 2.45) is 5.92 Å². The predicted molar refractivity (Wildman–Crippen MR) is 77.3 cm³/mol. The van der Waals surface area contributed by atoms with Crippen LogP contribution in [0.3, 0.4) is 0 Å². The minimum Gasteiger partial charge on any atom is -0.331 e. The highest BCUT2D eigenvalue weighted by Gasteiger charge is 2.18. The van der Waals surface area contributed by atoms with E-state index in [1.165, 1.54) is 31.4 Å². The van der Waals surface area contributed by atoms with Crippen molar-refractivity contribution in [2.45, 2.75) is 19.4 Å². The smallest absolute Gasteiger partial charge is 0.178 e. The number of imidazole rings is 1. The quantitative estimate of drug-likeness (QED) is 0.840. The number of nitrogens with one attached hydrogen (secondary N) is 1. The summed E-state index contributed by atoms with van der Waals surface area (Å²) >= 11 is 5.44. The molecule has 0 saturated carbocycles. The van der Waals surface area contributed by atoms with Crippen molar-refractivity contribution in [1.29, 1.82) is 0 Å². The molecule has 3 nitrogen and oxygen atoms in total. The number of aromatic amines is 1. The Hall–Kier alpha value is -1.13. The Kier molecular flexibility index (Phi) is 3.22. The molecule has 1 fully saturated rings. The number of H-pyrrole nitrogens is 1. The van der Waals surface area contributed by atoms with Gasteiger partial charge in [-0.25, -0.2) is 0 Å². The summed E-state index contributed by atoms with van der Waals surface area (Å²) in [6, 6.07) is 8.37. The molecule has 4 heteroatoms. The molecule has 2 heterocycles. The first-order valence-electron chi connectivity index (χ1n) is 6.60. The van der Waals surface area contributed by atoms with Gasteiger partial charge in [0, 0.05) is 6.54 Å². The number of piperidine rings is 1. The zero-order chi connectivity index (χ0) is 12.5. The van der Waals surface area contributed by atoms with Crippen molar-refractivity contribution in [3.63, 3.8) is 0 Å². The molecule has 96 valence electrons. The van der Waals surface area contributed by atoms with Crippen LogP contribution in [0, 0.1) is 10.7 Å². The first kappa shape index (κ1) is 11.9. The maximum Gasteiger partial charge on any atom is 0.178 e. The largest absolute Gasteiger partial charge is 0.331 e. The molecule has 1 saturated heterocycles. The summed E-state index contributed by atoms with van der Waals surface area (Å²) in [7, 11) is 2.20. The summed E-state index contributed by atoms with van der Waals surface area (Å²) in [5.74, 6) is 0.757. The number of fused-ring (bicyclic) bond motifs is 1. The Morgan fingerprint density at radius 3 is 2.78 bits per heavy atom. The van der Waals surface area contributed by atoms with Gasteiger partial charge in [-0.1, -0.05) is 12.1 Å². The van der Waals surface area contributed by atoms with Crippen LogP contribution in [-0.4, -0.2) is 34.6 Å². The van der Waals surface area contributed by atoms with Crippen LogP contribution in [0.2, 0.25) is 0 Å². The molecule has 0 bridgehead atoms. The van der Waals surface area contributed by atoms with Gasteiger partial charge in [0.1, 0.15) is 0 Å². The number of aromatic nitrogens is 2. The molecule has 1 aliphatic heterocycles. The van der Waals surface area contributed by atoms with Crippen LogP contribution in [0.15, 0.2) is 24.3 Å². The van der Waals surface area contributed by atoms with Gasteiger partial charge in [0.15, 0.2) is 4.77 Å². The van der Waals surface area contributed by atoms with E-state index in [4.69, 9.17) is 12.2 Å². The van der Waals surface area contributed by atoms with Crippen LogP contribution in [0.5, 0.6) is 0 Å². The van der Waals surface area contributed by atoms with Gasteiger partial charge in [-0.15, -0.1) is 0 Å². The van der Waals surface area contributed by atoms with E-state index in [1.807, 2.05) is 6.07 Å². The third-order valence-corrected chi connectivity index (χ3v) is 4.28. The molecular weight excluding hydrogens is 242 g/mol. The summed E-state index contributed by atoms with van der Waals surface area (Å²) in [6.45, 7) is 3.47. The van der Waals surface area contributed by atoms with Crippen LogP contribution in [0.1, 0.15) is 12.8 Å². The number of nitrogens with zero attached hydrogens (tertiary/aromatic N) is 2. The molecule has 0 spiro atoms. The van der Waals surface area contributed by atoms with Crippen LogP contribution in [0.25, 0.3) is 11.0 Å². The number of hydrogen-bond donors (Lipinski definition) is 1. The fraction of sp³-hybridized carbons (Fsp3) is 0.500. The number of para-hydroxylation sites is 2. The monoisotopic (exact) mass is 261 g/mol. The van der Waals surface area contributed by atoms with Crippen molar-refractivity contribution in [1.82, 2.24) is 14.5 Å². The third kappa shape index (κ3) is 2.22. The van der Waals surface area contributed by atoms with Gasteiger partial charge in [-0.3, -0.25) is 0 Å². The van der Waals surface area contributed by atoms with Gasteiger partial charge >= 0.3 is 0 Å². The standard InChI is InChI=1S/C14H19N3S/c1-16-8-6-11(7-9-16)10-17-13-5-3-2-4-12(13)15-14(17)18/h2-5,11H,6-10H2,1H3,(H,15,18). The van der Waals surface area contributed by atoms with E-state index in [0.717, 1.165) is 22.8 Å². The third-order valence-electron chi connectivity index (χ3n) is 3.96. The Morgan fingerprint density at radius 1 is 1.28 bits per heavy atom. The number of rotatable bonds is 2. The first-order chi connectivity index (χ1) is 8.74. The zero-order valence-corrected chi connectivity index (χ0v) is 11.5. The van der Waals surface area contributed by atoms with Crippen LogP contribution in [-0.2, 0) is 6.54 Å². The zero-order valence-electron chi connectivity index (χ0n) is 10.7. The topological polar surface area (TPSA) is 24.0 Å². The highest BCUT2D eigenvalue weighted by molar-refractivity contribution is 7.71. The van der Waals surface area contributed by atoms with Gasteiger partial charge in [-0.2, -0.15) is 0 Å². The molecule has 0 aliphatic carbocycles. The van der Waals surface area contributed by atoms with Gasteiger partial charge in [-0.05, 0) is 63.2 Å². The molecule has 0 radical (unpaired) electrons. The molecule has 1 aromatic heterocycles. The number of benzene rings is 1. The lowest BCUT2D eigenvalue weighted by Crippen LogP contribution is -2.31. The Bertz CT molecular complexity index is 590. The van der Waals surface area contributed by atoms with E-state index in [-0.39, 0.29) is 0 Å². The van der Waals surface area contributed by atoms with Crippen molar-refractivity contribution in [3.05, 3.63) is 29.0 Å². The van der Waals surface area contributed by atoms with E-state index in [2.05, 4.69) is 39.7 Å². The summed E-state index contributed by atoms with van der Waals surface area (Å²) in [5.41, 5.74) is 2.39. The van der Waals surface area contributed by atoms with Crippen molar-refractivity contribution in [2.75, 3.05) is 20.1 Å². The number of likely N-dealkylation sites (tertiary alicyclic amines) is 1. The summed E-state index contributed by atoms with van der Waals surface area (Å²) in [6.07, 6.45) is 2.55. The summed E-state index contributed by atoms with van der Waals surface area (Å²) in [4.78, 5) is 5.70. The first-order valence-corrected chi connectivity index (χ1v) is 7.01. The van der Waals surface area contributed by atoms with E-state index in [9.17, 15) is 0 Å². The lowest BCUT2D eigenvalue weighted by atomic mass is 9.97. The van der Waals surface area contributed by atoms with Gasteiger partial charge in [0.25, 0.3) is 0 Å². The Labute approximate surface area is 112 Å². The van der Waals surface area contributed by atoms with Gasteiger partial charge in [0.2, 0.25) is 0 Å². The maximum absolute atomic E-state index is 5.44. The second-order valence-electron chi connectivity index (χ2n) is 5.30. The lowest BCUT2D eigenvalue weighted by molar-refractivity contribution is 0.206. The van der Waals surface area contributed by atoms with E-state index < -0.39 is 0 Å². The maximum atomic E-state index is 5.44. The highest BCUT2D eigenvalue weighted by atomic mass is 32.1. The molecule has 1 aliphatic rings. The normalized spacial score (nSPS) is 18.5. The molecule has 0 unspecified atom stereocenters. The molecule has 1 N–H and O–H groups in total. The molecule has 18 heavy (non-hydrogen) atoms. The van der Waals surface area contributed by atoms with Crippen molar-refractivity contribution >= 4 is 23.3 Å². The minimum atomic E-state index is 0.757. The highest BCUT2D eigenvalue weighted by Crippen LogP contribution is 2.21. The second kappa shape index (κ2) is 4.86. The molecule has 0 atom stereocenters. The Balaban J connectivity index is 1.86. The van der Waals surface area contributed by atoms with E-state index in [0.29, 0.717) is 0 Å². The van der Waals surface area contributed by atoms with Crippen LogP contribution < -0.4 is 0 Å². The molecular formula is C14H19N3S.